The van der Waals surface area contributed by atoms with E-state index in [1.54, 1.807) is 29.0 Å². The van der Waals surface area contributed by atoms with Gasteiger partial charge in [0.1, 0.15) is 5.76 Å². The molecule has 9 heteroatoms. The molecular weight excluding hydrogens is 390 g/mol. The van der Waals surface area contributed by atoms with Gasteiger partial charge >= 0.3 is 0 Å². The summed E-state index contributed by atoms with van der Waals surface area (Å²) >= 11 is 1.28. The second-order valence-electron chi connectivity index (χ2n) is 7.09. The van der Waals surface area contributed by atoms with E-state index in [-0.39, 0.29) is 23.1 Å². The molecule has 1 N–H and O–H groups in total. The van der Waals surface area contributed by atoms with Gasteiger partial charge in [-0.25, -0.2) is 0 Å². The molecule has 0 saturated heterocycles. The summed E-state index contributed by atoms with van der Waals surface area (Å²) in [5.74, 6) is 1.50. The smallest absolute Gasteiger partial charge is 0.262 e. The van der Waals surface area contributed by atoms with Gasteiger partial charge in [0.2, 0.25) is 11.7 Å². The van der Waals surface area contributed by atoms with Gasteiger partial charge in [-0.3, -0.25) is 18.6 Å². The van der Waals surface area contributed by atoms with Crippen molar-refractivity contribution in [2.45, 2.75) is 32.1 Å². The molecule has 1 aromatic carbocycles. The third-order valence-electron chi connectivity index (χ3n) is 4.40. The van der Waals surface area contributed by atoms with Crippen molar-refractivity contribution >= 4 is 34.3 Å². The van der Waals surface area contributed by atoms with E-state index in [4.69, 9.17) is 4.42 Å². The summed E-state index contributed by atoms with van der Waals surface area (Å²) in [7, 11) is 0. The molecule has 0 aliphatic carbocycles. The van der Waals surface area contributed by atoms with E-state index in [0.29, 0.717) is 35.2 Å². The number of hydrogen-bond donors (Lipinski definition) is 1. The Morgan fingerprint density at radius 3 is 2.79 bits per heavy atom. The zero-order chi connectivity index (χ0) is 20.4. The van der Waals surface area contributed by atoms with Crippen LogP contribution in [0.4, 0.5) is 0 Å². The van der Waals surface area contributed by atoms with Crippen molar-refractivity contribution in [3.63, 3.8) is 0 Å². The zero-order valence-corrected chi connectivity index (χ0v) is 17.0. The molecule has 29 heavy (non-hydrogen) atoms. The maximum atomic E-state index is 13.0. The second kappa shape index (κ2) is 8.12. The summed E-state index contributed by atoms with van der Waals surface area (Å²) in [5.41, 5.74) is 0.651. The van der Waals surface area contributed by atoms with Crippen LogP contribution >= 0.6 is 11.8 Å². The number of benzene rings is 1. The second-order valence-corrected chi connectivity index (χ2v) is 8.03. The lowest BCUT2D eigenvalue weighted by Gasteiger charge is -2.12. The molecule has 0 saturated carbocycles. The Morgan fingerprint density at radius 2 is 2.03 bits per heavy atom. The highest BCUT2D eigenvalue weighted by Crippen LogP contribution is 2.22. The van der Waals surface area contributed by atoms with Crippen molar-refractivity contribution in [3.8, 4) is 0 Å². The van der Waals surface area contributed by atoms with Crippen molar-refractivity contribution in [1.82, 2.24) is 24.5 Å². The standard InChI is InChI=1S/C20H21N5O3S/c1-13(2)11-24-18(27)15-7-3-4-8-16(15)25-19(24)22-23-20(25)29-12-17(26)21-10-14-6-5-9-28-14/h3-9,13H,10-12H2,1-2H3,(H,21,26). The van der Waals surface area contributed by atoms with Gasteiger partial charge in [0.15, 0.2) is 5.16 Å². The summed E-state index contributed by atoms with van der Waals surface area (Å²) in [6, 6.07) is 11.0. The number of hydrogen-bond acceptors (Lipinski definition) is 6. The van der Waals surface area contributed by atoms with Crippen LogP contribution in [-0.4, -0.2) is 30.8 Å². The first-order valence-corrected chi connectivity index (χ1v) is 10.3. The van der Waals surface area contributed by atoms with Gasteiger partial charge < -0.3 is 9.73 Å². The average Bonchev–Trinajstić information content (AvgIpc) is 3.37. The Kier molecular flexibility index (Phi) is 5.39. The van der Waals surface area contributed by atoms with Gasteiger partial charge in [-0.05, 0) is 30.2 Å². The van der Waals surface area contributed by atoms with Crippen LogP contribution in [0.25, 0.3) is 16.7 Å². The number of fused-ring (bicyclic) bond motifs is 3. The van der Waals surface area contributed by atoms with Crippen molar-refractivity contribution in [1.29, 1.82) is 0 Å². The molecule has 3 aromatic heterocycles. The number of rotatable bonds is 7. The van der Waals surface area contributed by atoms with Crippen LogP contribution in [0.15, 0.2) is 57.0 Å². The first-order valence-electron chi connectivity index (χ1n) is 9.33. The third kappa shape index (κ3) is 3.91. The number of amides is 1. The van der Waals surface area contributed by atoms with E-state index in [1.165, 1.54) is 11.8 Å². The molecule has 0 bridgehead atoms. The highest BCUT2D eigenvalue weighted by Gasteiger charge is 2.18. The highest BCUT2D eigenvalue weighted by molar-refractivity contribution is 7.99. The number of nitrogens with one attached hydrogen (secondary N) is 1. The molecular formula is C20H21N5O3S. The molecule has 1 amide bonds. The molecule has 3 heterocycles. The van der Waals surface area contributed by atoms with Crippen LogP contribution in [0, 0.1) is 5.92 Å². The van der Waals surface area contributed by atoms with Crippen molar-refractivity contribution in [2.24, 2.45) is 5.92 Å². The maximum absolute atomic E-state index is 13.0. The molecule has 0 radical (unpaired) electrons. The monoisotopic (exact) mass is 411 g/mol. The van der Waals surface area contributed by atoms with Gasteiger partial charge in [-0.2, -0.15) is 0 Å². The van der Waals surface area contributed by atoms with E-state index < -0.39 is 0 Å². The lowest BCUT2D eigenvalue weighted by atomic mass is 10.2. The number of para-hydroxylation sites is 1. The molecule has 150 valence electrons. The van der Waals surface area contributed by atoms with Crippen LogP contribution in [0.5, 0.6) is 0 Å². The van der Waals surface area contributed by atoms with Gasteiger partial charge in [0.25, 0.3) is 5.56 Å². The summed E-state index contributed by atoms with van der Waals surface area (Å²) in [5, 5.41) is 12.5. The first kappa shape index (κ1) is 19.3. The number of furan rings is 1. The van der Waals surface area contributed by atoms with Gasteiger partial charge in [0, 0.05) is 6.54 Å². The first-order chi connectivity index (χ1) is 14.0. The molecule has 0 unspecified atom stereocenters. The predicted octanol–water partition coefficient (Wildman–Crippen LogP) is 2.70. The van der Waals surface area contributed by atoms with E-state index in [0.717, 1.165) is 5.52 Å². The predicted molar refractivity (Wildman–Crippen MR) is 111 cm³/mol. The number of nitrogens with zero attached hydrogens (tertiary/aromatic N) is 4. The summed E-state index contributed by atoms with van der Waals surface area (Å²) in [6.07, 6.45) is 1.57. The van der Waals surface area contributed by atoms with Gasteiger partial charge in [-0.15, -0.1) is 10.2 Å². The Morgan fingerprint density at radius 1 is 1.21 bits per heavy atom. The fraction of sp³-hybridized carbons (Fsp3) is 0.300. The molecule has 4 rings (SSSR count). The minimum absolute atomic E-state index is 0.0815. The Labute approximate surface area is 170 Å². The molecule has 4 aromatic rings. The minimum atomic E-state index is -0.136. The van der Waals surface area contributed by atoms with Gasteiger partial charge in [-0.1, -0.05) is 37.7 Å². The Hall–Kier alpha value is -3.07. The Balaban J connectivity index is 1.64. The number of carbonyl (C=O) groups is 1. The van der Waals surface area contributed by atoms with Crippen LogP contribution in [0.1, 0.15) is 19.6 Å². The van der Waals surface area contributed by atoms with Crippen LogP contribution in [0.3, 0.4) is 0 Å². The normalized spacial score (nSPS) is 11.6. The van der Waals surface area contributed by atoms with E-state index in [2.05, 4.69) is 15.5 Å². The van der Waals surface area contributed by atoms with Crippen LogP contribution in [0.2, 0.25) is 0 Å². The lowest BCUT2D eigenvalue weighted by molar-refractivity contribution is -0.118. The van der Waals surface area contributed by atoms with E-state index >= 15 is 0 Å². The number of thioether (sulfide) groups is 1. The average molecular weight is 411 g/mol. The molecule has 0 spiro atoms. The molecule has 8 nitrogen and oxygen atoms in total. The van der Waals surface area contributed by atoms with Crippen LogP contribution < -0.4 is 10.9 Å². The molecule has 0 fully saturated rings. The summed E-state index contributed by atoms with van der Waals surface area (Å²) in [6.45, 7) is 4.98. The van der Waals surface area contributed by atoms with Crippen molar-refractivity contribution in [3.05, 3.63) is 58.8 Å². The van der Waals surface area contributed by atoms with E-state index in [1.807, 2.05) is 36.4 Å². The topological polar surface area (TPSA) is 94.4 Å². The third-order valence-corrected chi connectivity index (χ3v) is 5.33. The van der Waals surface area contributed by atoms with Crippen molar-refractivity contribution in [2.75, 3.05) is 5.75 Å². The SMILES string of the molecule is CC(C)Cn1c(=O)c2ccccc2n2c(SCC(=O)NCc3ccco3)nnc12. The fourth-order valence-electron chi connectivity index (χ4n) is 3.14. The summed E-state index contributed by atoms with van der Waals surface area (Å²) < 4.78 is 8.72. The number of carbonyl (C=O) groups excluding carboxylic acids is 1. The molecule has 0 aliphatic heterocycles. The quantitative estimate of drug-likeness (QED) is 0.470. The van der Waals surface area contributed by atoms with Crippen LogP contribution in [-0.2, 0) is 17.9 Å². The van der Waals surface area contributed by atoms with Gasteiger partial charge in [0.05, 0.1) is 29.5 Å². The largest absolute Gasteiger partial charge is 0.467 e. The molecule has 0 atom stereocenters. The van der Waals surface area contributed by atoms with E-state index in [9.17, 15) is 9.59 Å². The summed E-state index contributed by atoms with van der Waals surface area (Å²) in [4.78, 5) is 25.2. The van der Waals surface area contributed by atoms with Crippen molar-refractivity contribution < 1.29 is 9.21 Å². The Bertz CT molecular complexity index is 1210. The lowest BCUT2D eigenvalue weighted by Crippen LogP contribution is -2.25. The minimum Gasteiger partial charge on any atom is -0.467 e. The zero-order valence-electron chi connectivity index (χ0n) is 16.2. The maximum Gasteiger partial charge on any atom is 0.262 e. The fourth-order valence-corrected chi connectivity index (χ4v) is 3.91. The molecule has 0 aliphatic rings. The highest BCUT2D eigenvalue weighted by atomic mass is 32.2. The number of aromatic nitrogens is 4.